The van der Waals surface area contributed by atoms with Crippen molar-refractivity contribution in [3.8, 4) is 5.75 Å². The summed E-state index contributed by atoms with van der Waals surface area (Å²) in [7, 11) is 1.70. The first kappa shape index (κ1) is 15.6. The molecule has 2 N–H and O–H groups in total. The van der Waals surface area contributed by atoms with Crippen LogP contribution in [0, 0.1) is 0 Å². The van der Waals surface area contributed by atoms with Gasteiger partial charge in [0, 0.05) is 5.92 Å². The van der Waals surface area contributed by atoms with Crippen LogP contribution in [0.15, 0.2) is 48.5 Å². The monoisotopic (exact) mass is 283 g/mol. The molecule has 1 atom stereocenters. The summed E-state index contributed by atoms with van der Waals surface area (Å²) in [5.74, 6) is 1.79. The molecule has 2 aromatic rings. The number of benzene rings is 2. The Bertz CT molecular complexity index is 560. The molecule has 2 aromatic carbocycles. The van der Waals surface area contributed by atoms with Crippen LogP contribution in [0.2, 0.25) is 0 Å². The Morgan fingerprint density at radius 1 is 1.00 bits per heavy atom. The van der Waals surface area contributed by atoms with Gasteiger partial charge in [0.1, 0.15) is 5.75 Å². The lowest BCUT2D eigenvalue weighted by Crippen LogP contribution is -2.15. The topological polar surface area (TPSA) is 35.2 Å². The van der Waals surface area contributed by atoms with Crippen LogP contribution in [0.1, 0.15) is 42.4 Å². The summed E-state index contributed by atoms with van der Waals surface area (Å²) >= 11 is 0. The molecule has 0 amide bonds. The lowest BCUT2D eigenvalue weighted by Gasteiger charge is -2.17. The van der Waals surface area contributed by atoms with Crippen molar-refractivity contribution in [2.24, 2.45) is 5.73 Å². The maximum Gasteiger partial charge on any atom is 0.119 e. The van der Waals surface area contributed by atoms with E-state index < -0.39 is 0 Å². The lowest BCUT2D eigenvalue weighted by atomic mass is 9.91. The zero-order valence-corrected chi connectivity index (χ0v) is 13.2. The maximum absolute atomic E-state index is 5.98. The highest BCUT2D eigenvalue weighted by molar-refractivity contribution is 5.33. The molecule has 0 saturated carbocycles. The van der Waals surface area contributed by atoms with Gasteiger partial charge in [0.2, 0.25) is 0 Å². The Hall–Kier alpha value is -1.80. The zero-order valence-electron chi connectivity index (χ0n) is 13.2. The first-order chi connectivity index (χ1) is 10.1. The van der Waals surface area contributed by atoms with Crippen LogP contribution < -0.4 is 10.5 Å². The van der Waals surface area contributed by atoms with Crippen molar-refractivity contribution in [1.29, 1.82) is 0 Å². The van der Waals surface area contributed by atoms with Crippen LogP contribution in [0.4, 0.5) is 0 Å². The molecule has 112 valence electrons. The fraction of sp³-hybridized carbons (Fsp3) is 0.368. The average molecular weight is 283 g/mol. The first-order valence-electron chi connectivity index (χ1n) is 7.57. The van der Waals surface area contributed by atoms with E-state index in [0.29, 0.717) is 18.4 Å². The molecule has 1 unspecified atom stereocenters. The van der Waals surface area contributed by atoms with E-state index >= 15 is 0 Å². The number of nitrogens with two attached hydrogens (primary N) is 1. The van der Waals surface area contributed by atoms with Gasteiger partial charge in [-0.25, -0.2) is 0 Å². The highest BCUT2D eigenvalue weighted by Crippen LogP contribution is 2.24. The first-order valence-corrected chi connectivity index (χ1v) is 7.57. The standard InChI is InChI=1S/C19H25NO/c1-14(2)16-9-7-15(8-10-16)11-18(13-20)17-5-4-6-19(12-17)21-3/h4-10,12,14,18H,11,13,20H2,1-3H3. The summed E-state index contributed by atoms with van der Waals surface area (Å²) in [6.07, 6.45) is 0.960. The lowest BCUT2D eigenvalue weighted by molar-refractivity contribution is 0.413. The number of hydrogen-bond acceptors (Lipinski definition) is 2. The predicted octanol–water partition coefficient (Wildman–Crippen LogP) is 4.10. The molecule has 0 aliphatic rings. The van der Waals surface area contributed by atoms with Gasteiger partial charge >= 0.3 is 0 Å². The third-order valence-electron chi connectivity index (χ3n) is 3.98. The van der Waals surface area contributed by atoms with Crippen LogP contribution >= 0.6 is 0 Å². The van der Waals surface area contributed by atoms with Crippen LogP contribution in [0.25, 0.3) is 0 Å². The van der Waals surface area contributed by atoms with Crippen molar-refractivity contribution in [3.05, 3.63) is 65.2 Å². The second-order valence-corrected chi connectivity index (χ2v) is 5.81. The molecule has 0 aliphatic heterocycles. The Kier molecular flexibility index (Phi) is 5.40. The molecule has 2 nitrogen and oxygen atoms in total. The normalized spacial score (nSPS) is 12.4. The van der Waals surface area contributed by atoms with Crippen molar-refractivity contribution in [2.45, 2.75) is 32.1 Å². The van der Waals surface area contributed by atoms with Gasteiger partial charge in [-0.15, -0.1) is 0 Å². The van der Waals surface area contributed by atoms with Gasteiger partial charge in [0.25, 0.3) is 0 Å². The van der Waals surface area contributed by atoms with E-state index in [0.717, 1.165) is 12.2 Å². The Balaban J connectivity index is 2.14. The maximum atomic E-state index is 5.98. The third-order valence-corrected chi connectivity index (χ3v) is 3.98. The number of methoxy groups -OCH3 is 1. The van der Waals surface area contributed by atoms with Crippen LogP contribution in [0.3, 0.4) is 0 Å². The molecule has 0 aliphatic carbocycles. The van der Waals surface area contributed by atoms with Gasteiger partial charge in [0.15, 0.2) is 0 Å². The summed E-state index contributed by atoms with van der Waals surface area (Å²) in [6.45, 7) is 5.07. The molecule has 2 rings (SSSR count). The molecule has 0 spiro atoms. The Morgan fingerprint density at radius 3 is 2.29 bits per heavy atom. The van der Waals surface area contributed by atoms with E-state index in [1.165, 1.54) is 16.7 Å². The van der Waals surface area contributed by atoms with Crippen LogP contribution in [-0.2, 0) is 6.42 Å². The summed E-state index contributed by atoms with van der Waals surface area (Å²) in [4.78, 5) is 0. The quantitative estimate of drug-likeness (QED) is 0.866. The van der Waals surface area contributed by atoms with E-state index in [1.54, 1.807) is 7.11 Å². The highest BCUT2D eigenvalue weighted by atomic mass is 16.5. The Labute approximate surface area is 127 Å². The van der Waals surface area contributed by atoms with Crippen molar-refractivity contribution >= 4 is 0 Å². The van der Waals surface area contributed by atoms with Crippen molar-refractivity contribution in [3.63, 3.8) is 0 Å². The van der Waals surface area contributed by atoms with E-state index in [9.17, 15) is 0 Å². The summed E-state index contributed by atoms with van der Waals surface area (Å²) in [6, 6.07) is 17.1. The van der Waals surface area contributed by atoms with Crippen LogP contribution in [-0.4, -0.2) is 13.7 Å². The molecule has 0 radical (unpaired) electrons. The average Bonchev–Trinajstić information content (AvgIpc) is 2.53. The highest BCUT2D eigenvalue weighted by Gasteiger charge is 2.12. The third kappa shape index (κ3) is 4.08. The largest absolute Gasteiger partial charge is 0.497 e. The number of ether oxygens (including phenoxy) is 1. The summed E-state index contributed by atoms with van der Waals surface area (Å²) < 4.78 is 5.30. The number of rotatable bonds is 6. The number of hydrogen-bond donors (Lipinski definition) is 1. The van der Waals surface area contributed by atoms with Crippen molar-refractivity contribution < 1.29 is 4.74 Å². The predicted molar refractivity (Wildman–Crippen MR) is 89.0 cm³/mol. The molecule has 0 saturated heterocycles. The van der Waals surface area contributed by atoms with Crippen molar-refractivity contribution in [2.75, 3.05) is 13.7 Å². The van der Waals surface area contributed by atoms with E-state index in [-0.39, 0.29) is 0 Å². The molecule has 0 heterocycles. The second-order valence-electron chi connectivity index (χ2n) is 5.81. The van der Waals surface area contributed by atoms with Gasteiger partial charge in [-0.05, 0) is 47.7 Å². The molecule has 0 fully saturated rings. The van der Waals surface area contributed by atoms with Crippen LogP contribution in [0.5, 0.6) is 5.75 Å². The molecule has 0 aromatic heterocycles. The van der Waals surface area contributed by atoms with Gasteiger partial charge in [-0.2, -0.15) is 0 Å². The molecular weight excluding hydrogens is 258 g/mol. The zero-order chi connectivity index (χ0) is 15.2. The molecule has 21 heavy (non-hydrogen) atoms. The molecular formula is C19H25NO. The summed E-state index contributed by atoms with van der Waals surface area (Å²) in [5.41, 5.74) is 9.93. The molecule has 0 bridgehead atoms. The fourth-order valence-corrected chi connectivity index (χ4v) is 2.56. The van der Waals surface area contributed by atoms with E-state index in [1.807, 2.05) is 12.1 Å². The summed E-state index contributed by atoms with van der Waals surface area (Å²) in [5, 5.41) is 0. The minimum Gasteiger partial charge on any atom is -0.497 e. The van der Waals surface area contributed by atoms with Gasteiger partial charge < -0.3 is 10.5 Å². The minimum absolute atomic E-state index is 0.324. The van der Waals surface area contributed by atoms with Gasteiger partial charge in [-0.3, -0.25) is 0 Å². The Morgan fingerprint density at radius 2 is 1.71 bits per heavy atom. The van der Waals surface area contributed by atoms with Crippen molar-refractivity contribution in [1.82, 2.24) is 0 Å². The molecule has 2 heteroatoms. The smallest absolute Gasteiger partial charge is 0.119 e. The fourth-order valence-electron chi connectivity index (χ4n) is 2.56. The minimum atomic E-state index is 0.324. The SMILES string of the molecule is COc1cccc(C(CN)Cc2ccc(C(C)C)cc2)c1. The van der Waals surface area contributed by atoms with E-state index in [2.05, 4.69) is 50.2 Å². The van der Waals surface area contributed by atoms with E-state index in [4.69, 9.17) is 10.5 Å². The van der Waals surface area contributed by atoms with Gasteiger partial charge in [-0.1, -0.05) is 50.2 Å². The van der Waals surface area contributed by atoms with Gasteiger partial charge in [0.05, 0.1) is 7.11 Å². The second kappa shape index (κ2) is 7.28.